The largest absolute Gasteiger partial charge is 0.384 e. The molecular formula is C6H11N3O. The smallest absolute Gasteiger partial charge is 0.102 e. The van der Waals surface area contributed by atoms with Crippen molar-refractivity contribution in [3.8, 4) is 0 Å². The molecule has 0 amide bonds. The van der Waals surface area contributed by atoms with Crippen LogP contribution in [0.4, 0.5) is 0 Å². The van der Waals surface area contributed by atoms with Gasteiger partial charge in [-0.25, -0.2) is 0 Å². The second-order valence-electron chi connectivity index (χ2n) is 2.46. The van der Waals surface area contributed by atoms with E-state index in [1.165, 1.54) is 0 Å². The fourth-order valence-electron chi connectivity index (χ4n) is 0.663. The highest BCUT2D eigenvalue weighted by Gasteiger charge is 2.21. The minimum absolute atomic E-state index is 0.201. The molecule has 0 aliphatic heterocycles. The van der Waals surface area contributed by atoms with Crippen molar-refractivity contribution in [3.63, 3.8) is 0 Å². The molecular weight excluding hydrogens is 130 g/mol. The van der Waals surface area contributed by atoms with Crippen LogP contribution in [0.3, 0.4) is 0 Å². The van der Waals surface area contributed by atoms with Gasteiger partial charge in [0.05, 0.1) is 6.20 Å². The Balaban J connectivity index is 2.85. The molecule has 0 radical (unpaired) electrons. The summed E-state index contributed by atoms with van der Waals surface area (Å²) < 4.78 is 0. The van der Waals surface area contributed by atoms with Gasteiger partial charge >= 0.3 is 0 Å². The normalized spacial score (nSPS) is 16.7. The molecule has 1 heterocycles. The van der Waals surface area contributed by atoms with Crippen LogP contribution in [0.2, 0.25) is 0 Å². The average molecular weight is 141 g/mol. The third-order valence-corrected chi connectivity index (χ3v) is 1.52. The molecule has 4 N–H and O–H groups in total. The van der Waals surface area contributed by atoms with Gasteiger partial charge in [0.15, 0.2) is 0 Å². The van der Waals surface area contributed by atoms with Crippen molar-refractivity contribution >= 4 is 0 Å². The van der Waals surface area contributed by atoms with E-state index in [4.69, 9.17) is 5.73 Å². The van der Waals surface area contributed by atoms with Gasteiger partial charge in [-0.2, -0.15) is 5.10 Å². The lowest BCUT2D eigenvalue weighted by Gasteiger charge is -2.18. The molecule has 0 aromatic carbocycles. The van der Waals surface area contributed by atoms with Crippen LogP contribution >= 0.6 is 0 Å². The Morgan fingerprint density at radius 1 is 1.90 bits per heavy atom. The Morgan fingerprint density at radius 2 is 2.60 bits per heavy atom. The van der Waals surface area contributed by atoms with Gasteiger partial charge in [0.25, 0.3) is 0 Å². The summed E-state index contributed by atoms with van der Waals surface area (Å²) in [5.41, 5.74) is 5.07. The zero-order valence-corrected chi connectivity index (χ0v) is 5.83. The molecule has 10 heavy (non-hydrogen) atoms. The van der Waals surface area contributed by atoms with Gasteiger partial charge in [0.2, 0.25) is 0 Å². The van der Waals surface area contributed by atoms with Crippen LogP contribution in [0.5, 0.6) is 0 Å². The van der Waals surface area contributed by atoms with E-state index in [0.29, 0.717) is 0 Å². The predicted octanol–water partition coefficient (Wildman–Crippen LogP) is -0.424. The highest BCUT2D eigenvalue weighted by atomic mass is 16.3. The number of aromatic amines is 1. The minimum Gasteiger partial charge on any atom is -0.384 e. The summed E-state index contributed by atoms with van der Waals surface area (Å²) >= 11 is 0. The Hall–Kier alpha value is -0.870. The van der Waals surface area contributed by atoms with Crippen LogP contribution in [0.1, 0.15) is 12.5 Å². The third-order valence-electron chi connectivity index (χ3n) is 1.52. The summed E-state index contributed by atoms with van der Waals surface area (Å²) in [5, 5.41) is 15.8. The van der Waals surface area contributed by atoms with Crippen molar-refractivity contribution in [3.05, 3.63) is 18.0 Å². The average Bonchev–Trinajstić information content (AvgIpc) is 2.38. The molecule has 0 aliphatic rings. The first-order chi connectivity index (χ1) is 4.67. The lowest BCUT2D eigenvalue weighted by molar-refractivity contribution is 0.0669. The second-order valence-corrected chi connectivity index (χ2v) is 2.46. The van der Waals surface area contributed by atoms with E-state index < -0.39 is 5.60 Å². The van der Waals surface area contributed by atoms with Crippen molar-refractivity contribution in [2.24, 2.45) is 5.73 Å². The maximum Gasteiger partial charge on any atom is 0.102 e. The summed E-state index contributed by atoms with van der Waals surface area (Å²) in [6.07, 6.45) is 3.19. The van der Waals surface area contributed by atoms with E-state index in [1.807, 2.05) is 0 Å². The molecule has 1 aromatic heterocycles. The first-order valence-corrected chi connectivity index (χ1v) is 3.08. The molecule has 1 atom stereocenters. The van der Waals surface area contributed by atoms with E-state index in [0.717, 1.165) is 5.56 Å². The topological polar surface area (TPSA) is 74.9 Å². The number of nitrogens with two attached hydrogens (primary N) is 1. The van der Waals surface area contributed by atoms with E-state index in [2.05, 4.69) is 10.2 Å². The molecule has 4 nitrogen and oxygen atoms in total. The molecule has 0 spiro atoms. The van der Waals surface area contributed by atoms with Crippen molar-refractivity contribution < 1.29 is 5.11 Å². The molecule has 56 valence electrons. The minimum atomic E-state index is -0.951. The lowest BCUT2D eigenvalue weighted by Crippen LogP contribution is -2.30. The van der Waals surface area contributed by atoms with Gasteiger partial charge in [-0.05, 0) is 6.92 Å². The first kappa shape index (κ1) is 7.24. The molecule has 1 aromatic rings. The number of hydrogen-bond acceptors (Lipinski definition) is 3. The van der Waals surface area contributed by atoms with Gasteiger partial charge < -0.3 is 10.8 Å². The van der Waals surface area contributed by atoms with E-state index in [-0.39, 0.29) is 6.54 Å². The third kappa shape index (κ3) is 1.17. The summed E-state index contributed by atoms with van der Waals surface area (Å²) in [5.74, 6) is 0. The molecule has 0 saturated heterocycles. The maximum atomic E-state index is 9.50. The van der Waals surface area contributed by atoms with Crippen LogP contribution in [-0.2, 0) is 5.60 Å². The van der Waals surface area contributed by atoms with Crippen molar-refractivity contribution in [2.45, 2.75) is 12.5 Å². The number of nitrogens with zero attached hydrogens (tertiary/aromatic N) is 1. The monoisotopic (exact) mass is 141 g/mol. The van der Waals surface area contributed by atoms with Crippen LogP contribution in [0, 0.1) is 0 Å². The summed E-state index contributed by atoms with van der Waals surface area (Å²) in [6.45, 7) is 1.85. The Morgan fingerprint density at radius 3 is 3.00 bits per heavy atom. The second kappa shape index (κ2) is 2.40. The quantitative estimate of drug-likeness (QED) is 0.523. The van der Waals surface area contributed by atoms with E-state index in [1.54, 1.807) is 19.3 Å². The Kier molecular flexibility index (Phi) is 1.74. The van der Waals surface area contributed by atoms with Crippen molar-refractivity contribution in [1.82, 2.24) is 10.2 Å². The maximum absolute atomic E-state index is 9.50. The molecule has 1 rings (SSSR count). The van der Waals surface area contributed by atoms with Crippen LogP contribution in [-0.4, -0.2) is 21.8 Å². The summed E-state index contributed by atoms with van der Waals surface area (Å²) in [4.78, 5) is 0. The molecule has 0 aliphatic carbocycles. The number of H-pyrrole nitrogens is 1. The highest BCUT2D eigenvalue weighted by Crippen LogP contribution is 2.16. The predicted molar refractivity (Wildman–Crippen MR) is 37.2 cm³/mol. The standard InChI is InChI=1S/C6H11N3O/c1-6(10,4-7)5-2-8-9-3-5/h2-3,10H,4,7H2,1H3,(H,8,9). The molecule has 0 bridgehead atoms. The van der Waals surface area contributed by atoms with E-state index >= 15 is 0 Å². The number of aromatic nitrogens is 2. The highest BCUT2D eigenvalue weighted by molar-refractivity contribution is 5.13. The number of rotatable bonds is 2. The van der Waals surface area contributed by atoms with Gasteiger partial charge in [-0.15, -0.1) is 0 Å². The van der Waals surface area contributed by atoms with Gasteiger partial charge in [-0.3, -0.25) is 5.10 Å². The molecule has 0 fully saturated rings. The van der Waals surface area contributed by atoms with Crippen LogP contribution < -0.4 is 5.73 Å². The zero-order chi connectivity index (χ0) is 7.61. The van der Waals surface area contributed by atoms with Gasteiger partial charge in [0, 0.05) is 18.3 Å². The van der Waals surface area contributed by atoms with Crippen LogP contribution in [0.25, 0.3) is 0 Å². The Labute approximate surface area is 59.1 Å². The van der Waals surface area contributed by atoms with Crippen molar-refractivity contribution in [1.29, 1.82) is 0 Å². The van der Waals surface area contributed by atoms with Crippen LogP contribution in [0.15, 0.2) is 12.4 Å². The molecule has 4 heteroatoms. The molecule has 1 unspecified atom stereocenters. The van der Waals surface area contributed by atoms with Gasteiger partial charge in [0.1, 0.15) is 5.60 Å². The number of nitrogens with one attached hydrogen (secondary N) is 1. The fraction of sp³-hybridized carbons (Fsp3) is 0.500. The summed E-state index contributed by atoms with van der Waals surface area (Å²) in [6, 6.07) is 0. The summed E-state index contributed by atoms with van der Waals surface area (Å²) in [7, 11) is 0. The van der Waals surface area contributed by atoms with E-state index in [9.17, 15) is 5.11 Å². The zero-order valence-electron chi connectivity index (χ0n) is 5.83. The SMILES string of the molecule is CC(O)(CN)c1cn[nH]c1. The number of aliphatic hydroxyl groups is 1. The number of hydrogen-bond donors (Lipinski definition) is 3. The first-order valence-electron chi connectivity index (χ1n) is 3.08. The van der Waals surface area contributed by atoms with Gasteiger partial charge in [-0.1, -0.05) is 0 Å². The molecule has 0 saturated carbocycles. The Bertz CT molecular complexity index is 193. The lowest BCUT2D eigenvalue weighted by atomic mass is 10.0. The fourth-order valence-corrected chi connectivity index (χ4v) is 0.663. The van der Waals surface area contributed by atoms with Crippen molar-refractivity contribution in [2.75, 3.05) is 6.54 Å².